The monoisotopic (exact) mass is 410 g/mol. The second-order valence-electron chi connectivity index (χ2n) is 6.17. The van der Waals surface area contributed by atoms with Crippen molar-refractivity contribution in [3.05, 3.63) is 84.9 Å². The first-order valence-corrected chi connectivity index (χ1v) is 10.6. The van der Waals surface area contributed by atoms with Gasteiger partial charge in [0.25, 0.3) is 10.0 Å². The van der Waals surface area contributed by atoms with E-state index in [0.717, 1.165) is 4.31 Å². The van der Waals surface area contributed by atoms with E-state index in [1.54, 1.807) is 66.7 Å². The molecule has 1 N–H and O–H groups in total. The fourth-order valence-corrected chi connectivity index (χ4v) is 4.20. The zero-order chi connectivity index (χ0) is 20.7. The van der Waals surface area contributed by atoms with Crippen molar-refractivity contribution in [2.24, 2.45) is 0 Å². The second kappa shape index (κ2) is 9.25. The van der Waals surface area contributed by atoms with Gasteiger partial charge in [0.1, 0.15) is 12.3 Å². The van der Waals surface area contributed by atoms with Crippen molar-refractivity contribution in [3.63, 3.8) is 0 Å². The molecule has 0 unspecified atom stereocenters. The van der Waals surface area contributed by atoms with Gasteiger partial charge in [0.2, 0.25) is 5.91 Å². The summed E-state index contributed by atoms with van der Waals surface area (Å²) in [5, 5.41) is 2.73. The van der Waals surface area contributed by atoms with Crippen LogP contribution in [0.4, 0.5) is 11.4 Å². The summed E-state index contributed by atoms with van der Waals surface area (Å²) in [7, 11) is -3.93. The van der Waals surface area contributed by atoms with Crippen molar-refractivity contribution >= 4 is 27.3 Å². The Morgan fingerprint density at radius 3 is 2.07 bits per heavy atom. The molecule has 6 nitrogen and oxygen atoms in total. The number of nitrogens with zero attached hydrogens (tertiary/aromatic N) is 1. The first kappa shape index (κ1) is 20.4. The van der Waals surface area contributed by atoms with Gasteiger partial charge in [-0.05, 0) is 55.5 Å². The molecule has 0 aromatic heterocycles. The summed E-state index contributed by atoms with van der Waals surface area (Å²) < 4.78 is 33.0. The highest BCUT2D eigenvalue weighted by Crippen LogP contribution is 2.26. The molecule has 150 valence electrons. The Bertz CT molecular complexity index is 1040. The number of benzene rings is 3. The Balaban J connectivity index is 1.92. The standard InChI is InChI=1S/C22H22N2O4S/c1-2-28-20-15-13-19(14-16-20)24(29(26,27)21-11-7-4-8-12-21)17-22(25)23-18-9-5-3-6-10-18/h3-16H,2,17H2,1H3,(H,23,25). The molecule has 0 aliphatic rings. The van der Waals surface area contributed by atoms with E-state index in [1.165, 1.54) is 12.1 Å². The predicted octanol–water partition coefficient (Wildman–Crippen LogP) is 3.92. The molecule has 29 heavy (non-hydrogen) atoms. The Morgan fingerprint density at radius 2 is 1.48 bits per heavy atom. The average Bonchev–Trinajstić information content (AvgIpc) is 2.74. The Morgan fingerprint density at radius 1 is 0.897 bits per heavy atom. The number of sulfonamides is 1. The van der Waals surface area contributed by atoms with Crippen LogP contribution in [-0.2, 0) is 14.8 Å². The van der Waals surface area contributed by atoms with Gasteiger partial charge < -0.3 is 10.1 Å². The van der Waals surface area contributed by atoms with Crippen molar-refractivity contribution in [3.8, 4) is 5.75 Å². The fraction of sp³-hybridized carbons (Fsp3) is 0.136. The number of anilines is 2. The number of hydrogen-bond acceptors (Lipinski definition) is 4. The smallest absolute Gasteiger partial charge is 0.264 e. The minimum Gasteiger partial charge on any atom is -0.494 e. The maximum absolute atomic E-state index is 13.2. The average molecular weight is 410 g/mol. The molecule has 0 aliphatic carbocycles. The van der Waals surface area contributed by atoms with Crippen LogP contribution in [0.25, 0.3) is 0 Å². The second-order valence-corrected chi connectivity index (χ2v) is 8.03. The predicted molar refractivity (Wildman–Crippen MR) is 114 cm³/mol. The number of carbonyl (C=O) groups is 1. The van der Waals surface area contributed by atoms with Crippen LogP contribution in [0.2, 0.25) is 0 Å². The van der Waals surface area contributed by atoms with Gasteiger partial charge >= 0.3 is 0 Å². The zero-order valence-electron chi connectivity index (χ0n) is 16.0. The van der Waals surface area contributed by atoms with Crippen LogP contribution in [0, 0.1) is 0 Å². The summed E-state index contributed by atoms with van der Waals surface area (Å²) in [6.07, 6.45) is 0. The van der Waals surface area contributed by atoms with Gasteiger partial charge in [0.15, 0.2) is 0 Å². The third kappa shape index (κ3) is 5.14. The lowest BCUT2D eigenvalue weighted by Gasteiger charge is -2.24. The van der Waals surface area contributed by atoms with Crippen molar-refractivity contribution in [2.75, 3.05) is 22.8 Å². The number of nitrogens with one attached hydrogen (secondary N) is 1. The topological polar surface area (TPSA) is 75.7 Å². The van der Waals surface area contributed by atoms with Crippen LogP contribution >= 0.6 is 0 Å². The summed E-state index contributed by atoms with van der Waals surface area (Å²) >= 11 is 0. The molecule has 0 saturated carbocycles. The van der Waals surface area contributed by atoms with Crippen LogP contribution in [0.5, 0.6) is 5.75 Å². The molecular weight excluding hydrogens is 388 g/mol. The maximum atomic E-state index is 13.2. The van der Waals surface area contributed by atoms with Crippen LogP contribution in [-0.4, -0.2) is 27.5 Å². The van der Waals surface area contributed by atoms with Gasteiger partial charge in [-0.25, -0.2) is 8.42 Å². The molecule has 0 fully saturated rings. The van der Waals surface area contributed by atoms with E-state index in [2.05, 4.69) is 5.32 Å². The van der Waals surface area contributed by atoms with E-state index in [4.69, 9.17) is 4.74 Å². The van der Waals surface area contributed by atoms with Crippen molar-refractivity contribution < 1.29 is 17.9 Å². The van der Waals surface area contributed by atoms with Gasteiger partial charge in [-0.1, -0.05) is 36.4 Å². The highest BCUT2D eigenvalue weighted by molar-refractivity contribution is 7.92. The molecule has 0 saturated heterocycles. The number of para-hydroxylation sites is 1. The van der Waals surface area contributed by atoms with Gasteiger partial charge in [0, 0.05) is 5.69 Å². The minimum atomic E-state index is -3.93. The molecule has 1 amide bonds. The quantitative estimate of drug-likeness (QED) is 0.611. The third-order valence-corrected chi connectivity index (χ3v) is 5.90. The third-order valence-electron chi connectivity index (χ3n) is 4.11. The summed E-state index contributed by atoms with van der Waals surface area (Å²) in [5.41, 5.74) is 0.974. The first-order chi connectivity index (χ1) is 14.0. The van der Waals surface area contributed by atoms with Gasteiger partial charge in [-0.2, -0.15) is 0 Å². The van der Waals surface area contributed by atoms with E-state index in [-0.39, 0.29) is 11.4 Å². The van der Waals surface area contributed by atoms with Crippen LogP contribution in [0.15, 0.2) is 89.8 Å². The number of amides is 1. The number of carbonyl (C=O) groups excluding carboxylic acids is 1. The van der Waals surface area contributed by atoms with Crippen molar-refractivity contribution in [1.82, 2.24) is 0 Å². The van der Waals surface area contributed by atoms with Crippen molar-refractivity contribution in [1.29, 1.82) is 0 Å². The molecule has 0 aliphatic heterocycles. The van der Waals surface area contributed by atoms with Crippen LogP contribution in [0.1, 0.15) is 6.92 Å². The Labute approximate surface area is 170 Å². The highest BCUT2D eigenvalue weighted by atomic mass is 32.2. The fourth-order valence-electron chi connectivity index (χ4n) is 2.76. The molecule has 0 atom stereocenters. The highest BCUT2D eigenvalue weighted by Gasteiger charge is 2.27. The van der Waals surface area contributed by atoms with E-state index in [1.807, 2.05) is 13.0 Å². The molecule has 0 spiro atoms. The molecule has 3 aromatic carbocycles. The Hall–Kier alpha value is -3.32. The molecule has 3 rings (SSSR count). The molecule has 0 heterocycles. The lowest BCUT2D eigenvalue weighted by atomic mass is 10.3. The molecule has 0 bridgehead atoms. The van der Waals surface area contributed by atoms with E-state index in [0.29, 0.717) is 23.7 Å². The normalized spacial score (nSPS) is 10.9. The molecule has 7 heteroatoms. The summed E-state index contributed by atoms with van der Waals surface area (Å²) in [6, 6.07) is 23.6. The molecular formula is C22H22N2O4S. The summed E-state index contributed by atoms with van der Waals surface area (Å²) in [5.74, 6) is 0.187. The van der Waals surface area contributed by atoms with Crippen LogP contribution in [0.3, 0.4) is 0 Å². The number of rotatable bonds is 8. The molecule has 0 radical (unpaired) electrons. The Kier molecular flexibility index (Phi) is 6.51. The van der Waals surface area contributed by atoms with Crippen LogP contribution < -0.4 is 14.4 Å². The SMILES string of the molecule is CCOc1ccc(N(CC(=O)Nc2ccccc2)S(=O)(=O)c2ccccc2)cc1. The van der Waals surface area contributed by atoms with Crippen molar-refractivity contribution in [2.45, 2.75) is 11.8 Å². The lowest BCUT2D eigenvalue weighted by Crippen LogP contribution is -2.38. The zero-order valence-corrected chi connectivity index (χ0v) is 16.8. The molecule has 3 aromatic rings. The number of ether oxygens (including phenoxy) is 1. The maximum Gasteiger partial charge on any atom is 0.264 e. The summed E-state index contributed by atoms with van der Waals surface area (Å²) in [4.78, 5) is 12.7. The largest absolute Gasteiger partial charge is 0.494 e. The van der Waals surface area contributed by atoms with Gasteiger partial charge in [-0.3, -0.25) is 9.10 Å². The lowest BCUT2D eigenvalue weighted by molar-refractivity contribution is -0.114. The first-order valence-electron chi connectivity index (χ1n) is 9.16. The number of hydrogen-bond donors (Lipinski definition) is 1. The van der Waals surface area contributed by atoms with Gasteiger partial charge in [-0.15, -0.1) is 0 Å². The van der Waals surface area contributed by atoms with E-state index in [9.17, 15) is 13.2 Å². The van der Waals surface area contributed by atoms with E-state index < -0.39 is 15.9 Å². The van der Waals surface area contributed by atoms with Gasteiger partial charge in [0.05, 0.1) is 17.2 Å². The van der Waals surface area contributed by atoms with E-state index >= 15 is 0 Å². The summed E-state index contributed by atoms with van der Waals surface area (Å²) in [6.45, 7) is 2.01. The minimum absolute atomic E-state index is 0.112.